The van der Waals surface area contributed by atoms with Crippen molar-refractivity contribution < 1.29 is 23.7 Å². The summed E-state index contributed by atoms with van der Waals surface area (Å²) in [6.45, 7) is 14.7. The quantitative estimate of drug-likeness (QED) is 0.510. The lowest BCUT2D eigenvalue weighted by atomic mass is 9.84. The number of ether oxygens (including phenoxy) is 4. The number of hydrogen-bond donors (Lipinski definition) is 0. The highest BCUT2D eigenvalue weighted by atomic mass is 35.5. The molecule has 0 radical (unpaired) electrons. The molecule has 11 nitrogen and oxygen atoms in total. The van der Waals surface area contributed by atoms with Gasteiger partial charge in [-0.15, -0.1) is 0 Å². The number of hydrogen-bond acceptors (Lipinski definition) is 9. The number of halogens is 1. The Bertz CT molecular complexity index is 1260. The Morgan fingerprint density at radius 3 is 2.59 bits per heavy atom. The average molecular weight is 563 g/mol. The first-order valence-electron chi connectivity index (χ1n) is 13.9. The van der Waals surface area contributed by atoms with Crippen LogP contribution in [-0.4, -0.2) is 96.3 Å². The van der Waals surface area contributed by atoms with Gasteiger partial charge in [0, 0.05) is 25.2 Å². The van der Waals surface area contributed by atoms with Gasteiger partial charge in [-0.1, -0.05) is 11.6 Å². The van der Waals surface area contributed by atoms with Gasteiger partial charge in [0.25, 0.3) is 0 Å². The smallest absolute Gasteiger partial charge is 0.410 e. The molecular weight excluding hydrogens is 524 g/mol. The first-order valence-corrected chi connectivity index (χ1v) is 14.3. The van der Waals surface area contributed by atoms with Gasteiger partial charge in [0.15, 0.2) is 22.8 Å². The van der Waals surface area contributed by atoms with Crippen LogP contribution in [0.2, 0.25) is 5.15 Å². The van der Waals surface area contributed by atoms with Crippen molar-refractivity contribution in [1.29, 1.82) is 0 Å². The molecule has 0 aromatic carbocycles. The van der Waals surface area contributed by atoms with E-state index in [0.29, 0.717) is 36.0 Å². The van der Waals surface area contributed by atoms with Gasteiger partial charge in [-0.05, 0) is 73.8 Å². The molecule has 0 aliphatic carbocycles. The van der Waals surface area contributed by atoms with Gasteiger partial charge in [-0.25, -0.2) is 19.7 Å². The lowest BCUT2D eigenvalue weighted by Gasteiger charge is -2.46. The topological polar surface area (TPSA) is 104 Å². The predicted molar refractivity (Wildman–Crippen MR) is 143 cm³/mol. The zero-order valence-corrected chi connectivity index (χ0v) is 24.4. The largest absolute Gasteiger partial charge is 0.444 e. The van der Waals surface area contributed by atoms with E-state index in [1.807, 2.05) is 51.0 Å². The normalized spacial score (nSPS) is 32.3. The van der Waals surface area contributed by atoms with Crippen LogP contribution in [0.3, 0.4) is 0 Å². The average Bonchev–Trinajstić information content (AvgIpc) is 3.55. The van der Waals surface area contributed by atoms with E-state index in [0.717, 1.165) is 32.2 Å². The fourth-order valence-corrected chi connectivity index (χ4v) is 7.19. The van der Waals surface area contributed by atoms with E-state index in [9.17, 15) is 4.79 Å². The molecule has 0 N–H and O–H groups in total. The van der Waals surface area contributed by atoms with E-state index in [-0.39, 0.29) is 23.8 Å². The molecule has 1 amide bonds. The number of likely N-dealkylation sites (tertiary alicyclic amines) is 2. The molecule has 0 bridgehead atoms. The predicted octanol–water partition coefficient (Wildman–Crippen LogP) is 4.15. The Balaban J connectivity index is 1.22. The number of nitrogens with zero attached hydrogens (tertiary/aromatic N) is 6. The van der Waals surface area contributed by atoms with Crippen LogP contribution in [0.4, 0.5) is 4.79 Å². The Kier molecular flexibility index (Phi) is 6.43. The van der Waals surface area contributed by atoms with Crippen LogP contribution in [0, 0.1) is 0 Å². The van der Waals surface area contributed by atoms with Gasteiger partial charge in [0.2, 0.25) is 0 Å². The van der Waals surface area contributed by atoms with E-state index in [1.54, 1.807) is 6.33 Å². The molecule has 0 saturated carbocycles. The van der Waals surface area contributed by atoms with Crippen molar-refractivity contribution >= 4 is 28.9 Å². The van der Waals surface area contributed by atoms with E-state index in [1.165, 1.54) is 6.33 Å². The summed E-state index contributed by atoms with van der Waals surface area (Å²) in [5.41, 5.74) is -0.0928. The van der Waals surface area contributed by atoms with Gasteiger partial charge in [0.05, 0.1) is 6.33 Å². The highest BCUT2D eigenvalue weighted by molar-refractivity contribution is 6.33. The molecule has 4 aliphatic rings. The van der Waals surface area contributed by atoms with Crippen molar-refractivity contribution in [3.8, 4) is 0 Å². The number of piperidine rings is 1. The molecule has 6 heterocycles. The summed E-state index contributed by atoms with van der Waals surface area (Å²) in [5.74, 6) is -0.760. The number of rotatable bonds is 3. The summed E-state index contributed by atoms with van der Waals surface area (Å²) in [6.07, 6.45) is 5.94. The molecule has 4 atom stereocenters. The van der Waals surface area contributed by atoms with Crippen molar-refractivity contribution in [3.63, 3.8) is 0 Å². The lowest BCUT2D eigenvalue weighted by Crippen LogP contribution is -2.56. The second-order valence-corrected chi connectivity index (χ2v) is 13.3. The second-order valence-electron chi connectivity index (χ2n) is 13.0. The van der Waals surface area contributed by atoms with Crippen LogP contribution in [0.15, 0.2) is 12.7 Å². The van der Waals surface area contributed by atoms with Crippen molar-refractivity contribution in [1.82, 2.24) is 29.3 Å². The SMILES string of the molecule is CC(C)(C)OC(=O)N1CCC2(CCCN2C[C@H]2O[C@@H](n3cnc4c(Cl)ncnc43)[C@]3(C)OC(C)(C)O[C@H]23)CC1. The van der Waals surface area contributed by atoms with Crippen LogP contribution in [-0.2, 0) is 18.9 Å². The Morgan fingerprint density at radius 2 is 1.87 bits per heavy atom. The van der Waals surface area contributed by atoms with E-state index in [4.69, 9.17) is 30.5 Å². The fourth-order valence-electron chi connectivity index (χ4n) is 7.01. The molecule has 12 heteroatoms. The molecule has 1 spiro atoms. The monoisotopic (exact) mass is 562 g/mol. The molecule has 0 unspecified atom stereocenters. The van der Waals surface area contributed by atoms with Crippen LogP contribution >= 0.6 is 11.6 Å². The summed E-state index contributed by atoms with van der Waals surface area (Å²) >= 11 is 6.29. The Labute approximate surface area is 234 Å². The van der Waals surface area contributed by atoms with Crippen molar-refractivity contribution in [2.45, 2.75) is 108 Å². The molecule has 214 valence electrons. The third-order valence-corrected chi connectivity index (χ3v) is 8.90. The summed E-state index contributed by atoms with van der Waals surface area (Å²) in [5, 5.41) is 0.302. The standard InChI is InChI=1S/C27H39ClN6O5/c1-24(2,3)38-23(35)32-12-9-27(10-13-32)8-7-11-33(27)14-17-19-26(6,39-25(4,5)37-19)22(36-17)34-16-31-18-20(28)29-15-30-21(18)34/h15-17,19,22H,7-14H2,1-6H3/t17-,19-,22-,26-/m1/s1. The summed E-state index contributed by atoms with van der Waals surface area (Å²) in [7, 11) is 0. The summed E-state index contributed by atoms with van der Waals surface area (Å²) < 4.78 is 27.3. The first-order chi connectivity index (χ1) is 18.3. The maximum absolute atomic E-state index is 12.7. The molecule has 2 aromatic heterocycles. The van der Waals surface area contributed by atoms with E-state index >= 15 is 0 Å². The molecular formula is C27H39ClN6O5. The van der Waals surface area contributed by atoms with E-state index in [2.05, 4.69) is 19.9 Å². The maximum Gasteiger partial charge on any atom is 0.410 e. The van der Waals surface area contributed by atoms with Gasteiger partial charge in [-0.3, -0.25) is 9.47 Å². The van der Waals surface area contributed by atoms with Crippen molar-refractivity contribution in [2.75, 3.05) is 26.2 Å². The molecule has 4 aliphatic heterocycles. The fraction of sp³-hybridized carbons (Fsp3) is 0.778. The third-order valence-electron chi connectivity index (χ3n) is 8.63. The van der Waals surface area contributed by atoms with Gasteiger partial charge in [-0.2, -0.15) is 0 Å². The van der Waals surface area contributed by atoms with Gasteiger partial charge >= 0.3 is 6.09 Å². The zero-order chi connectivity index (χ0) is 27.8. The van der Waals surface area contributed by atoms with Crippen molar-refractivity contribution in [3.05, 3.63) is 17.8 Å². The summed E-state index contributed by atoms with van der Waals surface area (Å²) in [4.78, 5) is 30.1. The van der Waals surface area contributed by atoms with Crippen LogP contribution < -0.4 is 0 Å². The third kappa shape index (κ3) is 4.69. The number of carbonyl (C=O) groups excluding carboxylic acids is 1. The Morgan fingerprint density at radius 1 is 1.13 bits per heavy atom. The molecule has 4 fully saturated rings. The minimum Gasteiger partial charge on any atom is -0.444 e. The van der Waals surface area contributed by atoms with Crippen LogP contribution in [0.5, 0.6) is 0 Å². The number of imidazole rings is 1. The first kappa shape index (κ1) is 27.1. The van der Waals surface area contributed by atoms with Crippen LogP contribution in [0.25, 0.3) is 11.2 Å². The zero-order valence-electron chi connectivity index (χ0n) is 23.6. The van der Waals surface area contributed by atoms with Gasteiger partial charge < -0.3 is 23.8 Å². The number of fused-ring (bicyclic) bond motifs is 2. The summed E-state index contributed by atoms with van der Waals surface area (Å²) in [6, 6.07) is 0. The van der Waals surface area contributed by atoms with Crippen LogP contribution in [0.1, 0.15) is 73.5 Å². The van der Waals surface area contributed by atoms with E-state index < -0.39 is 23.2 Å². The maximum atomic E-state index is 12.7. The van der Waals surface area contributed by atoms with Gasteiger partial charge in [0.1, 0.15) is 35.3 Å². The van der Waals surface area contributed by atoms with Crippen molar-refractivity contribution in [2.24, 2.45) is 0 Å². The highest BCUT2D eigenvalue weighted by Crippen LogP contribution is 2.52. The number of aromatic nitrogens is 4. The molecule has 2 aromatic rings. The number of carbonyl (C=O) groups is 1. The number of amides is 1. The Hall–Kier alpha value is -2.05. The second kappa shape index (κ2) is 9.24. The molecule has 4 saturated heterocycles. The minimum absolute atomic E-state index is 0.0355. The lowest BCUT2D eigenvalue weighted by molar-refractivity contribution is -0.216. The highest BCUT2D eigenvalue weighted by Gasteiger charge is 2.65. The minimum atomic E-state index is -0.760. The molecule has 39 heavy (non-hydrogen) atoms. The molecule has 6 rings (SSSR count).